The van der Waals surface area contributed by atoms with Crippen molar-refractivity contribution in [2.75, 3.05) is 19.7 Å². The molecule has 0 spiro atoms. The number of carbonyl (C=O) groups excluding carboxylic acids is 1. The number of nitrogens with zero attached hydrogens (tertiary/aromatic N) is 1. The van der Waals surface area contributed by atoms with E-state index in [9.17, 15) is 9.90 Å². The van der Waals surface area contributed by atoms with Crippen LogP contribution in [-0.4, -0.2) is 35.6 Å². The summed E-state index contributed by atoms with van der Waals surface area (Å²) in [6.07, 6.45) is 3.82. The van der Waals surface area contributed by atoms with Gasteiger partial charge in [-0.2, -0.15) is 0 Å². The van der Waals surface area contributed by atoms with Crippen molar-refractivity contribution in [3.8, 4) is 0 Å². The van der Waals surface area contributed by atoms with Crippen LogP contribution in [0.5, 0.6) is 0 Å². The molecule has 1 saturated carbocycles. The van der Waals surface area contributed by atoms with Crippen LogP contribution < -0.4 is 0 Å². The number of rotatable bonds is 4. The normalized spacial score (nSPS) is 25.1. The third-order valence-electron chi connectivity index (χ3n) is 6.55. The average molecular weight is 337 g/mol. The summed E-state index contributed by atoms with van der Waals surface area (Å²) in [6.45, 7) is 3.98. The molecule has 4 rings (SSSR count). The Hall–Kier alpha value is -1.87. The second kappa shape index (κ2) is 6.45. The number of likely N-dealkylation sites (tertiary alicyclic amines) is 1. The van der Waals surface area contributed by atoms with Gasteiger partial charge in [0.1, 0.15) is 0 Å². The summed E-state index contributed by atoms with van der Waals surface area (Å²) in [5, 5.41) is 12.2. The van der Waals surface area contributed by atoms with E-state index >= 15 is 0 Å². The number of amides is 1. The van der Waals surface area contributed by atoms with Gasteiger partial charge in [0.05, 0.1) is 0 Å². The fourth-order valence-electron chi connectivity index (χ4n) is 4.44. The van der Waals surface area contributed by atoms with E-state index in [0.717, 1.165) is 38.8 Å². The van der Waals surface area contributed by atoms with Crippen LogP contribution in [0.3, 0.4) is 0 Å². The Labute approximate surface area is 149 Å². The lowest BCUT2D eigenvalue weighted by molar-refractivity contribution is -0.135. The van der Waals surface area contributed by atoms with Crippen molar-refractivity contribution in [2.24, 2.45) is 11.3 Å². The molecule has 2 unspecified atom stereocenters. The summed E-state index contributed by atoms with van der Waals surface area (Å²) < 4.78 is 0. The van der Waals surface area contributed by atoms with Crippen LogP contribution in [0.2, 0.25) is 0 Å². The molecule has 132 valence electrons. The summed E-state index contributed by atoms with van der Waals surface area (Å²) >= 11 is 0. The number of piperidine rings is 1. The zero-order valence-electron chi connectivity index (χ0n) is 14.9. The lowest BCUT2D eigenvalue weighted by Gasteiger charge is -2.40. The van der Waals surface area contributed by atoms with E-state index in [-0.39, 0.29) is 17.9 Å². The Morgan fingerprint density at radius 1 is 1.16 bits per heavy atom. The third kappa shape index (κ3) is 2.95. The molecule has 1 aliphatic heterocycles. The second-order valence-electron chi connectivity index (χ2n) is 7.85. The predicted molar refractivity (Wildman–Crippen MR) is 100 cm³/mol. The maximum absolute atomic E-state index is 12.9. The van der Waals surface area contributed by atoms with E-state index in [1.54, 1.807) is 0 Å². The lowest BCUT2D eigenvalue weighted by atomic mass is 9.77. The fourth-order valence-corrected chi connectivity index (χ4v) is 4.44. The van der Waals surface area contributed by atoms with E-state index in [2.05, 4.69) is 49.4 Å². The molecule has 25 heavy (non-hydrogen) atoms. The molecule has 1 saturated heterocycles. The van der Waals surface area contributed by atoms with Crippen LogP contribution in [0.1, 0.15) is 44.1 Å². The summed E-state index contributed by atoms with van der Waals surface area (Å²) in [5.74, 6) is 0.837. The number of benzene rings is 2. The van der Waals surface area contributed by atoms with E-state index < -0.39 is 0 Å². The van der Waals surface area contributed by atoms with Crippen molar-refractivity contribution in [3.05, 3.63) is 48.0 Å². The number of fused-ring (bicyclic) bond motifs is 1. The van der Waals surface area contributed by atoms with Gasteiger partial charge >= 0.3 is 0 Å². The molecule has 1 amide bonds. The van der Waals surface area contributed by atoms with Crippen LogP contribution in [0.15, 0.2) is 42.5 Å². The molecule has 1 heterocycles. The molecule has 2 aliphatic rings. The Morgan fingerprint density at radius 2 is 1.88 bits per heavy atom. The number of aliphatic hydroxyl groups excluding tert-OH is 1. The van der Waals surface area contributed by atoms with Crippen molar-refractivity contribution in [1.82, 2.24) is 4.90 Å². The van der Waals surface area contributed by atoms with Gasteiger partial charge in [0.15, 0.2) is 0 Å². The van der Waals surface area contributed by atoms with Crippen molar-refractivity contribution in [2.45, 2.75) is 38.5 Å². The third-order valence-corrected chi connectivity index (χ3v) is 6.55. The molecular formula is C22H27NO2. The maximum atomic E-state index is 12.9. The summed E-state index contributed by atoms with van der Waals surface area (Å²) in [5.41, 5.74) is 1.36. The smallest absolute Gasteiger partial charge is 0.226 e. The monoisotopic (exact) mass is 337 g/mol. The minimum Gasteiger partial charge on any atom is -0.396 e. The van der Waals surface area contributed by atoms with E-state index in [4.69, 9.17) is 0 Å². The van der Waals surface area contributed by atoms with Gasteiger partial charge in [-0.3, -0.25) is 4.79 Å². The summed E-state index contributed by atoms with van der Waals surface area (Å²) in [6, 6.07) is 14.9. The van der Waals surface area contributed by atoms with Gasteiger partial charge in [-0.15, -0.1) is 0 Å². The van der Waals surface area contributed by atoms with Crippen LogP contribution in [0, 0.1) is 11.3 Å². The Balaban J connectivity index is 1.46. The largest absolute Gasteiger partial charge is 0.396 e. The standard InChI is InChI=1S/C22H27NO2/c1-2-22(15-24)10-12-23(13-11-22)21(25)20-14-19(20)18-9-5-7-16-6-3-4-8-17(16)18/h3-9,19-20,24H,2,10-15H2,1H3. The molecule has 0 bridgehead atoms. The topological polar surface area (TPSA) is 40.5 Å². The average Bonchev–Trinajstić information content (AvgIpc) is 3.47. The Morgan fingerprint density at radius 3 is 2.60 bits per heavy atom. The first-order valence-corrected chi connectivity index (χ1v) is 9.55. The minimum absolute atomic E-state index is 0.0371. The van der Waals surface area contributed by atoms with Crippen LogP contribution in [-0.2, 0) is 4.79 Å². The molecular weight excluding hydrogens is 310 g/mol. The fraction of sp³-hybridized carbons (Fsp3) is 0.500. The van der Waals surface area contributed by atoms with Crippen molar-refractivity contribution < 1.29 is 9.90 Å². The number of hydrogen-bond donors (Lipinski definition) is 1. The minimum atomic E-state index is 0.0371. The van der Waals surface area contributed by atoms with Gasteiger partial charge in [-0.25, -0.2) is 0 Å². The van der Waals surface area contributed by atoms with Crippen LogP contribution >= 0.6 is 0 Å². The zero-order valence-corrected chi connectivity index (χ0v) is 14.9. The van der Waals surface area contributed by atoms with Crippen LogP contribution in [0.4, 0.5) is 0 Å². The number of hydrogen-bond acceptors (Lipinski definition) is 2. The van der Waals surface area contributed by atoms with Gasteiger partial charge in [-0.05, 0) is 53.4 Å². The zero-order chi connectivity index (χ0) is 17.4. The van der Waals surface area contributed by atoms with Gasteiger partial charge in [-0.1, -0.05) is 49.4 Å². The Kier molecular flexibility index (Phi) is 4.28. The molecule has 1 aliphatic carbocycles. The second-order valence-corrected chi connectivity index (χ2v) is 7.85. The first kappa shape index (κ1) is 16.6. The number of aliphatic hydroxyl groups is 1. The van der Waals surface area contributed by atoms with Crippen LogP contribution in [0.25, 0.3) is 10.8 Å². The summed E-state index contributed by atoms with van der Waals surface area (Å²) in [4.78, 5) is 15.0. The highest BCUT2D eigenvalue weighted by atomic mass is 16.3. The highest BCUT2D eigenvalue weighted by Crippen LogP contribution is 2.51. The molecule has 2 aromatic rings. The van der Waals surface area contributed by atoms with Crippen molar-refractivity contribution >= 4 is 16.7 Å². The molecule has 3 heteroatoms. The number of carbonyl (C=O) groups is 1. The quantitative estimate of drug-likeness (QED) is 0.917. The van der Waals surface area contributed by atoms with Crippen molar-refractivity contribution in [3.63, 3.8) is 0 Å². The molecule has 2 aromatic carbocycles. The predicted octanol–water partition coefficient (Wildman–Crippen LogP) is 3.95. The van der Waals surface area contributed by atoms with E-state index in [1.807, 2.05) is 4.90 Å². The van der Waals surface area contributed by atoms with Gasteiger partial charge in [0.25, 0.3) is 0 Å². The van der Waals surface area contributed by atoms with E-state index in [1.165, 1.54) is 16.3 Å². The van der Waals surface area contributed by atoms with Gasteiger partial charge < -0.3 is 10.0 Å². The van der Waals surface area contributed by atoms with Crippen molar-refractivity contribution in [1.29, 1.82) is 0 Å². The maximum Gasteiger partial charge on any atom is 0.226 e. The van der Waals surface area contributed by atoms with Gasteiger partial charge in [0, 0.05) is 25.6 Å². The van der Waals surface area contributed by atoms with E-state index in [0.29, 0.717) is 11.8 Å². The molecule has 2 atom stereocenters. The highest BCUT2D eigenvalue weighted by molar-refractivity contribution is 5.89. The summed E-state index contributed by atoms with van der Waals surface area (Å²) in [7, 11) is 0. The molecule has 1 N–H and O–H groups in total. The first-order chi connectivity index (χ1) is 12.2. The molecule has 2 fully saturated rings. The lowest BCUT2D eigenvalue weighted by Crippen LogP contribution is -2.45. The highest BCUT2D eigenvalue weighted by Gasteiger charge is 2.47. The molecule has 0 radical (unpaired) electrons. The first-order valence-electron chi connectivity index (χ1n) is 9.55. The molecule has 0 aromatic heterocycles. The Bertz CT molecular complexity index is 765. The SMILES string of the molecule is CCC1(CO)CCN(C(=O)C2CC2c2cccc3ccccc23)CC1. The molecule has 3 nitrogen and oxygen atoms in total. The van der Waals surface area contributed by atoms with Gasteiger partial charge in [0.2, 0.25) is 5.91 Å².